The van der Waals surface area contributed by atoms with Crippen molar-refractivity contribution in [1.82, 2.24) is 10.3 Å². The topological polar surface area (TPSA) is 86.8 Å². The zero-order valence-corrected chi connectivity index (χ0v) is 21.0. The minimum atomic E-state index is -0.700. The molecule has 7 nitrogen and oxygen atoms in total. The normalized spacial score (nSPS) is 15.6. The minimum Gasteiger partial charge on any atom is -0.485 e. The molecule has 1 aromatic heterocycles. The van der Waals surface area contributed by atoms with Crippen LogP contribution >= 0.6 is 11.3 Å². The van der Waals surface area contributed by atoms with E-state index in [1.807, 2.05) is 50.2 Å². The first kappa shape index (κ1) is 24.7. The van der Waals surface area contributed by atoms with Crippen LogP contribution in [-0.4, -0.2) is 29.5 Å². The van der Waals surface area contributed by atoms with Crippen molar-refractivity contribution in [3.8, 4) is 16.7 Å². The highest BCUT2D eigenvalue weighted by Crippen LogP contribution is 2.38. The number of thiazole rings is 1. The lowest BCUT2D eigenvalue weighted by atomic mass is 9.97. The molecule has 1 unspecified atom stereocenters. The second-order valence-corrected chi connectivity index (χ2v) is 9.82. The highest BCUT2D eigenvalue weighted by atomic mass is 32.1. The van der Waals surface area contributed by atoms with E-state index in [-0.39, 0.29) is 24.5 Å². The van der Waals surface area contributed by atoms with Crippen molar-refractivity contribution < 1.29 is 23.8 Å². The van der Waals surface area contributed by atoms with E-state index in [0.717, 1.165) is 35.5 Å². The van der Waals surface area contributed by atoms with Crippen LogP contribution in [0.4, 0.5) is 0 Å². The van der Waals surface area contributed by atoms with E-state index in [2.05, 4.69) is 22.4 Å². The van der Waals surface area contributed by atoms with E-state index in [1.165, 1.54) is 11.8 Å². The lowest BCUT2D eigenvalue weighted by Gasteiger charge is -2.26. The molecule has 1 amide bonds. The van der Waals surface area contributed by atoms with E-state index in [1.54, 1.807) is 6.92 Å². The summed E-state index contributed by atoms with van der Waals surface area (Å²) in [5.74, 6) is 0.909. The van der Waals surface area contributed by atoms with Crippen LogP contribution in [0.25, 0.3) is 0 Å². The third-order valence-corrected chi connectivity index (χ3v) is 6.52. The molecule has 1 aliphatic rings. The summed E-state index contributed by atoms with van der Waals surface area (Å²) in [6.07, 6.45) is 3.76. The molecular weight excluding hydrogens is 464 g/mol. The van der Waals surface area contributed by atoms with Crippen LogP contribution in [0, 0.1) is 5.92 Å². The molecule has 1 aliphatic heterocycles. The van der Waals surface area contributed by atoms with E-state index < -0.39 is 12.0 Å². The second-order valence-electron chi connectivity index (χ2n) is 8.83. The number of aryl methyl sites for hydroxylation is 1. The fraction of sp³-hybridized carbons (Fsp3) is 0.370. The molecule has 35 heavy (non-hydrogen) atoms. The van der Waals surface area contributed by atoms with Crippen LogP contribution in [0.1, 0.15) is 60.5 Å². The molecule has 0 radical (unpaired) electrons. The fourth-order valence-electron chi connectivity index (χ4n) is 4.00. The van der Waals surface area contributed by atoms with Gasteiger partial charge in [0.1, 0.15) is 28.5 Å². The number of carbonyl (C=O) groups excluding carboxylic acids is 2. The SMILES string of the molecule is CCOC(=O)C(CC(C)C)NC(=O)c1cnc(Oc2ccc3c(c2)CC[C@@H](c2ccccc2)O3)s1. The standard InChI is InChI=1S/C27H30N2O5S/c1-4-32-26(31)21(14-17(2)3)29-25(30)24-16-28-27(35-24)33-20-11-13-23-19(15-20)10-12-22(34-23)18-8-6-5-7-9-18/h5-9,11,13,15-17,21-22H,4,10,12,14H2,1-3H3,(H,29,30)/t21?,22-/m0/s1. The molecule has 2 atom stereocenters. The summed E-state index contributed by atoms with van der Waals surface area (Å²) in [6.45, 7) is 5.99. The number of ether oxygens (including phenoxy) is 3. The van der Waals surface area contributed by atoms with Crippen molar-refractivity contribution in [2.45, 2.75) is 52.2 Å². The highest BCUT2D eigenvalue weighted by Gasteiger charge is 2.25. The van der Waals surface area contributed by atoms with Crippen molar-refractivity contribution in [2.75, 3.05) is 6.61 Å². The number of fused-ring (bicyclic) bond motifs is 1. The molecular formula is C27H30N2O5S. The molecule has 0 bridgehead atoms. The first-order valence-corrected chi connectivity index (χ1v) is 12.7. The predicted octanol–water partition coefficient (Wildman–Crippen LogP) is 5.71. The number of rotatable bonds is 9. The summed E-state index contributed by atoms with van der Waals surface area (Å²) < 4.78 is 17.2. The molecule has 0 aliphatic carbocycles. The molecule has 0 saturated heterocycles. The third kappa shape index (κ3) is 6.39. The Hall–Kier alpha value is -3.39. The van der Waals surface area contributed by atoms with Gasteiger partial charge in [0.15, 0.2) is 0 Å². The number of amides is 1. The van der Waals surface area contributed by atoms with Gasteiger partial charge in [-0.2, -0.15) is 0 Å². The maximum Gasteiger partial charge on any atom is 0.328 e. The number of nitrogens with one attached hydrogen (secondary N) is 1. The summed E-state index contributed by atoms with van der Waals surface area (Å²) in [6, 6.07) is 15.2. The smallest absolute Gasteiger partial charge is 0.328 e. The molecule has 3 aromatic rings. The Kier molecular flexibility index (Phi) is 8.02. The number of benzene rings is 2. The van der Waals surface area contributed by atoms with Crippen molar-refractivity contribution in [2.24, 2.45) is 5.92 Å². The van der Waals surface area contributed by atoms with Crippen LogP contribution in [-0.2, 0) is 16.0 Å². The van der Waals surface area contributed by atoms with Gasteiger partial charge in [-0.15, -0.1) is 0 Å². The Labute approximate surface area is 209 Å². The molecule has 0 spiro atoms. The van der Waals surface area contributed by atoms with Gasteiger partial charge in [-0.1, -0.05) is 55.5 Å². The fourth-order valence-corrected chi connectivity index (χ4v) is 4.69. The monoisotopic (exact) mass is 494 g/mol. The number of aromatic nitrogens is 1. The Morgan fingerprint density at radius 3 is 2.74 bits per heavy atom. The van der Waals surface area contributed by atoms with Gasteiger partial charge in [0, 0.05) is 0 Å². The Bertz CT molecular complexity index is 1160. The Morgan fingerprint density at radius 1 is 1.20 bits per heavy atom. The van der Waals surface area contributed by atoms with Gasteiger partial charge < -0.3 is 19.5 Å². The predicted molar refractivity (Wildman–Crippen MR) is 134 cm³/mol. The second kappa shape index (κ2) is 11.4. The van der Waals surface area contributed by atoms with Crippen molar-refractivity contribution in [3.63, 3.8) is 0 Å². The molecule has 1 N–H and O–H groups in total. The molecule has 4 rings (SSSR count). The van der Waals surface area contributed by atoms with Crippen LogP contribution in [0.15, 0.2) is 54.7 Å². The summed E-state index contributed by atoms with van der Waals surface area (Å²) in [5.41, 5.74) is 2.25. The third-order valence-electron chi connectivity index (χ3n) is 5.65. The molecule has 0 saturated carbocycles. The van der Waals surface area contributed by atoms with E-state index in [9.17, 15) is 9.59 Å². The van der Waals surface area contributed by atoms with Crippen molar-refractivity contribution in [3.05, 3.63) is 70.7 Å². The van der Waals surface area contributed by atoms with Gasteiger partial charge >= 0.3 is 5.97 Å². The summed E-state index contributed by atoms with van der Waals surface area (Å²) in [4.78, 5) is 29.6. The van der Waals surface area contributed by atoms with Gasteiger partial charge in [0.2, 0.25) is 0 Å². The number of nitrogens with zero attached hydrogens (tertiary/aromatic N) is 1. The van der Waals surface area contributed by atoms with Gasteiger partial charge in [0.05, 0.1) is 12.8 Å². The molecule has 2 aromatic carbocycles. The van der Waals surface area contributed by atoms with Crippen molar-refractivity contribution >= 4 is 23.2 Å². The first-order chi connectivity index (χ1) is 16.9. The van der Waals surface area contributed by atoms with Crippen molar-refractivity contribution in [1.29, 1.82) is 0 Å². The van der Waals surface area contributed by atoms with Crippen LogP contribution in [0.3, 0.4) is 0 Å². The summed E-state index contributed by atoms with van der Waals surface area (Å²) in [7, 11) is 0. The molecule has 8 heteroatoms. The van der Waals surface area contributed by atoms with E-state index in [4.69, 9.17) is 14.2 Å². The minimum absolute atomic E-state index is 0.0460. The van der Waals surface area contributed by atoms with E-state index >= 15 is 0 Å². The maximum absolute atomic E-state index is 12.7. The average molecular weight is 495 g/mol. The molecule has 0 fully saturated rings. The van der Waals surface area contributed by atoms with E-state index in [0.29, 0.717) is 22.2 Å². The average Bonchev–Trinajstić information content (AvgIpc) is 3.32. The van der Waals surface area contributed by atoms with Crippen LogP contribution in [0.2, 0.25) is 0 Å². The number of hydrogen-bond acceptors (Lipinski definition) is 7. The number of esters is 1. The van der Waals surface area contributed by atoms with Crippen LogP contribution < -0.4 is 14.8 Å². The Balaban J connectivity index is 1.39. The zero-order valence-electron chi connectivity index (χ0n) is 20.2. The summed E-state index contributed by atoms with van der Waals surface area (Å²) >= 11 is 1.13. The highest BCUT2D eigenvalue weighted by molar-refractivity contribution is 7.15. The van der Waals surface area contributed by atoms with Gasteiger partial charge in [0.25, 0.3) is 11.1 Å². The summed E-state index contributed by atoms with van der Waals surface area (Å²) in [5, 5.41) is 3.12. The van der Waals surface area contributed by atoms with Gasteiger partial charge in [-0.05, 0) is 61.4 Å². The lowest BCUT2D eigenvalue weighted by molar-refractivity contribution is -0.145. The number of carbonyl (C=O) groups is 2. The largest absolute Gasteiger partial charge is 0.485 e. The van der Waals surface area contributed by atoms with Gasteiger partial charge in [-0.3, -0.25) is 4.79 Å². The lowest BCUT2D eigenvalue weighted by Crippen LogP contribution is -2.42. The quantitative estimate of drug-likeness (QED) is 0.384. The number of hydrogen-bond donors (Lipinski definition) is 1. The molecule has 184 valence electrons. The first-order valence-electron chi connectivity index (χ1n) is 11.9. The van der Waals surface area contributed by atoms with Crippen LogP contribution in [0.5, 0.6) is 16.7 Å². The molecule has 2 heterocycles. The Morgan fingerprint density at radius 2 is 2.00 bits per heavy atom. The van der Waals surface area contributed by atoms with Gasteiger partial charge in [-0.25, -0.2) is 9.78 Å². The maximum atomic E-state index is 12.7. The zero-order chi connectivity index (χ0) is 24.8.